The molecule has 1 heterocycles. The van der Waals surface area contributed by atoms with E-state index in [1.807, 2.05) is 0 Å². The number of hydrogen-bond acceptors (Lipinski definition) is 1. The predicted molar refractivity (Wildman–Crippen MR) is 48.5 cm³/mol. The minimum absolute atomic E-state index is 0.397. The Hall–Kier alpha value is -1.34. The first-order valence-corrected chi connectivity index (χ1v) is 4.81. The van der Waals surface area contributed by atoms with Crippen LogP contribution in [-0.2, 0) is 12.3 Å². The zero-order chi connectivity index (χ0) is 14.2. The van der Waals surface area contributed by atoms with E-state index in [-0.39, 0.29) is 0 Å². The minimum Gasteiger partial charge on any atom is -0.254 e. The molecule has 0 N–H and O–H groups in total. The minimum atomic E-state index is -6.35. The fourth-order valence-corrected chi connectivity index (χ4v) is 1.16. The first kappa shape index (κ1) is 14.7. The van der Waals surface area contributed by atoms with Crippen LogP contribution < -0.4 is 0 Å². The molecule has 1 aromatic rings. The van der Waals surface area contributed by atoms with Gasteiger partial charge in [0.25, 0.3) is 0 Å². The molecule has 0 radical (unpaired) electrons. The Labute approximate surface area is 97.6 Å². The topological polar surface area (TPSA) is 12.9 Å². The molecule has 0 atom stereocenters. The maximum absolute atomic E-state index is 13.1. The van der Waals surface area contributed by atoms with Crippen molar-refractivity contribution in [2.75, 3.05) is 0 Å². The van der Waals surface area contributed by atoms with E-state index in [0.717, 1.165) is 12.3 Å². The summed E-state index contributed by atoms with van der Waals surface area (Å²) in [6, 6.07) is 1.50. The fraction of sp³-hybridized carbons (Fsp3) is 0.500. The summed E-state index contributed by atoms with van der Waals surface area (Å²) >= 11 is 0. The Balaban J connectivity index is 3.19. The van der Waals surface area contributed by atoms with Crippen LogP contribution in [0.3, 0.4) is 0 Å². The second-order valence-electron chi connectivity index (χ2n) is 3.55. The smallest absolute Gasteiger partial charge is 0.254 e. The molecule has 0 spiro atoms. The van der Waals surface area contributed by atoms with Crippen LogP contribution in [0, 0.1) is 0 Å². The molecule has 8 heteroatoms. The van der Waals surface area contributed by atoms with Crippen molar-refractivity contribution in [2.24, 2.45) is 0 Å². The van der Waals surface area contributed by atoms with Crippen LogP contribution in [0.15, 0.2) is 18.3 Å². The molecule has 1 rings (SSSR count). The van der Waals surface area contributed by atoms with Crippen molar-refractivity contribution in [1.29, 1.82) is 0 Å². The number of nitrogens with zero attached hydrogens (tertiary/aromatic N) is 1. The first-order valence-electron chi connectivity index (χ1n) is 4.81. The summed E-state index contributed by atoms with van der Waals surface area (Å²) in [6.45, 7) is 1.65. The summed E-state index contributed by atoms with van der Waals surface area (Å²) in [5.41, 5.74) is -1.16. The monoisotopic (exact) mass is 275 g/mol. The summed E-state index contributed by atoms with van der Waals surface area (Å²) < 4.78 is 87.3. The van der Waals surface area contributed by atoms with E-state index in [1.165, 1.54) is 0 Å². The van der Waals surface area contributed by atoms with Crippen molar-refractivity contribution >= 4 is 0 Å². The number of hydrogen-bond donors (Lipinski definition) is 0. The van der Waals surface area contributed by atoms with Gasteiger partial charge in [-0.15, -0.1) is 0 Å². The third-order valence-electron chi connectivity index (χ3n) is 2.31. The fourth-order valence-electron chi connectivity index (χ4n) is 1.16. The zero-order valence-electron chi connectivity index (χ0n) is 9.03. The summed E-state index contributed by atoms with van der Waals surface area (Å²) in [5.74, 6) is -11.6. The largest absolute Gasteiger partial charge is 0.460 e. The van der Waals surface area contributed by atoms with Crippen LogP contribution in [-0.4, -0.2) is 17.1 Å². The van der Waals surface area contributed by atoms with E-state index in [2.05, 4.69) is 4.98 Å². The van der Waals surface area contributed by atoms with Gasteiger partial charge in [-0.3, -0.25) is 4.98 Å². The molecule has 0 aliphatic carbocycles. The highest BCUT2D eigenvalue weighted by molar-refractivity contribution is 5.20. The lowest BCUT2D eigenvalue weighted by Crippen LogP contribution is -2.50. The van der Waals surface area contributed by atoms with Crippen molar-refractivity contribution in [3.05, 3.63) is 29.6 Å². The van der Waals surface area contributed by atoms with Crippen molar-refractivity contribution < 1.29 is 30.7 Å². The molecule has 102 valence electrons. The van der Waals surface area contributed by atoms with Crippen LogP contribution in [0.2, 0.25) is 0 Å². The van der Waals surface area contributed by atoms with Crippen molar-refractivity contribution in [2.45, 2.75) is 31.4 Å². The Morgan fingerprint density at radius 3 is 1.89 bits per heavy atom. The molecular weight excluding hydrogens is 267 g/mol. The highest BCUT2D eigenvalue weighted by Gasteiger charge is 2.74. The third-order valence-corrected chi connectivity index (χ3v) is 2.31. The van der Waals surface area contributed by atoms with Crippen LogP contribution in [0.25, 0.3) is 0 Å². The molecule has 0 saturated heterocycles. The Morgan fingerprint density at radius 2 is 1.56 bits per heavy atom. The van der Waals surface area contributed by atoms with Crippen LogP contribution >= 0.6 is 0 Å². The van der Waals surface area contributed by atoms with Crippen LogP contribution in [0.1, 0.15) is 18.2 Å². The van der Waals surface area contributed by atoms with E-state index in [1.54, 1.807) is 6.92 Å². The normalized spacial score (nSPS) is 13.8. The SMILES string of the molecule is CCc1ccc(C(F)(F)C(F)(F)C(F)(F)F)nc1. The van der Waals surface area contributed by atoms with Crippen molar-refractivity contribution in [1.82, 2.24) is 4.98 Å². The molecule has 1 aromatic heterocycles. The lowest BCUT2D eigenvalue weighted by molar-refractivity contribution is -0.360. The average Bonchev–Trinajstić information content (AvgIpc) is 2.27. The molecule has 0 amide bonds. The number of alkyl halides is 7. The average molecular weight is 275 g/mol. The second-order valence-corrected chi connectivity index (χ2v) is 3.55. The van der Waals surface area contributed by atoms with Gasteiger partial charge in [-0.05, 0) is 18.1 Å². The van der Waals surface area contributed by atoms with E-state index in [9.17, 15) is 30.7 Å². The molecule has 0 fully saturated rings. The van der Waals surface area contributed by atoms with Gasteiger partial charge in [-0.1, -0.05) is 13.0 Å². The Morgan fingerprint density at radius 1 is 1.00 bits per heavy atom. The predicted octanol–water partition coefficient (Wildman–Crippen LogP) is 3.93. The maximum Gasteiger partial charge on any atom is 0.460 e. The van der Waals surface area contributed by atoms with Gasteiger partial charge in [0.1, 0.15) is 5.69 Å². The van der Waals surface area contributed by atoms with Gasteiger partial charge >= 0.3 is 18.0 Å². The molecule has 0 unspecified atom stereocenters. The summed E-state index contributed by atoms with van der Waals surface area (Å²) in [6.07, 6.45) is -5.11. The van der Waals surface area contributed by atoms with E-state index in [4.69, 9.17) is 0 Å². The molecule has 1 nitrogen and oxygen atoms in total. The standard InChI is InChI=1S/C10H8F7N/c1-2-6-3-4-7(18-5-6)8(11,12)9(13,14)10(15,16)17/h3-5H,2H2,1H3. The van der Waals surface area contributed by atoms with Crippen molar-refractivity contribution in [3.63, 3.8) is 0 Å². The molecule has 0 aliphatic rings. The number of rotatable bonds is 3. The molecular formula is C10H8F7N. The number of aromatic nitrogens is 1. The van der Waals surface area contributed by atoms with Gasteiger partial charge in [0.15, 0.2) is 0 Å². The number of aryl methyl sites for hydroxylation is 1. The van der Waals surface area contributed by atoms with Crippen molar-refractivity contribution in [3.8, 4) is 0 Å². The van der Waals surface area contributed by atoms with E-state index >= 15 is 0 Å². The molecule has 0 bridgehead atoms. The van der Waals surface area contributed by atoms with E-state index in [0.29, 0.717) is 18.1 Å². The van der Waals surface area contributed by atoms with Gasteiger partial charge in [0.2, 0.25) is 0 Å². The molecule has 0 saturated carbocycles. The van der Waals surface area contributed by atoms with Gasteiger partial charge in [0.05, 0.1) is 0 Å². The summed E-state index contributed by atoms with van der Waals surface area (Å²) in [5, 5.41) is 0. The Bertz CT molecular complexity index is 407. The van der Waals surface area contributed by atoms with Crippen LogP contribution in [0.4, 0.5) is 30.7 Å². The lowest BCUT2D eigenvalue weighted by atomic mass is 10.1. The highest BCUT2D eigenvalue weighted by Crippen LogP contribution is 2.51. The van der Waals surface area contributed by atoms with Gasteiger partial charge in [-0.25, -0.2) is 0 Å². The van der Waals surface area contributed by atoms with Gasteiger partial charge < -0.3 is 0 Å². The van der Waals surface area contributed by atoms with Crippen LogP contribution in [0.5, 0.6) is 0 Å². The summed E-state index contributed by atoms with van der Waals surface area (Å²) in [4.78, 5) is 2.97. The van der Waals surface area contributed by atoms with Gasteiger partial charge in [-0.2, -0.15) is 30.7 Å². The molecule has 18 heavy (non-hydrogen) atoms. The second kappa shape index (κ2) is 4.40. The lowest BCUT2D eigenvalue weighted by Gasteiger charge is -2.27. The summed E-state index contributed by atoms with van der Waals surface area (Å²) in [7, 11) is 0. The quantitative estimate of drug-likeness (QED) is 0.761. The zero-order valence-corrected chi connectivity index (χ0v) is 9.03. The third kappa shape index (κ3) is 2.28. The van der Waals surface area contributed by atoms with E-state index < -0.39 is 23.7 Å². The molecule has 0 aliphatic heterocycles. The van der Waals surface area contributed by atoms with Gasteiger partial charge in [0, 0.05) is 6.20 Å². The highest BCUT2D eigenvalue weighted by atomic mass is 19.4. The maximum atomic E-state index is 13.1. The number of halogens is 7. The number of pyridine rings is 1. The Kier molecular flexibility index (Phi) is 3.60. The first-order chi connectivity index (χ1) is 8.04. The molecule has 0 aromatic carbocycles.